The van der Waals surface area contributed by atoms with Gasteiger partial charge in [0, 0.05) is 95.9 Å². The monoisotopic (exact) mass is 806 g/mol. The molecule has 1 fully saturated rings. The molecule has 0 aliphatic carbocycles. The Kier molecular flexibility index (Phi) is 11.9. The Balaban J connectivity index is 0.968. The first-order valence-electron chi connectivity index (χ1n) is 17.9. The number of benzene rings is 5. The highest BCUT2D eigenvalue weighted by Gasteiger charge is 2.24. The van der Waals surface area contributed by atoms with Gasteiger partial charge in [-0.3, -0.25) is 10.1 Å². The molecule has 56 heavy (non-hydrogen) atoms. The number of aromatic nitrogens is 1. The molecule has 2 heterocycles. The van der Waals surface area contributed by atoms with Crippen LogP contribution >= 0.6 is 23.4 Å². The maximum atomic E-state index is 13.2. The van der Waals surface area contributed by atoms with Crippen LogP contribution in [0.25, 0.3) is 22.3 Å². The highest BCUT2D eigenvalue weighted by atomic mass is 35.5. The quantitative estimate of drug-likeness (QED) is 0.0426. The van der Waals surface area contributed by atoms with Gasteiger partial charge in [-0.05, 0) is 83.9 Å². The van der Waals surface area contributed by atoms with E-state index in [4.69, 9.17) is 11.6 Å². The van der Waals surface area contributed by atoms with Crippen LogP contribution in [0.3, 0.4) is 0 Å². The van der Waals surface area contributed by atoms with Gasteiger partial charge in [-0.1, -0.05) is 54.1 Å². The van der Waals surface area contributed by atoms with E-state index in [1.165, 1.54) is 6.07 Å². The van der Waals surface area contributed by atoms with Crippen molar-refractivity contribution in [3.8, 4) is 22.3 Å². The SMILES string of the molecule is Cn1cc(-c2ccc(Cl)cc2)c(-c2cccc(N3CCN(c4ccc(NS(=O)c5ccc(NCCSc6ccccc6)c([N+](=O)[O-])c5)cc4)CC3)c2)c1C(=O)O. The zero-order valence-corrected chi connectivity index (χ0v) is 32.8. The number of thioether (sulfide) groups is 1. The van der Waals surface area contributed by atoms with E-state index in [2.05, 4.69) is 32.0 Å². The lowest BCUT2D eigenvalue weighted by Crippen LogP contribution is -2.46. The summed E-state index contributed by atoms with van der Waals surface area (Å²) < 4.78 is 17.9. The van der Waals surface area contributed by atoms with Gasteiger partial charge in [0.05, 0.1) is 9.82 Å². The number of piperazine rings is 1. The van der Waals surface area contributed by atoms with Crippen LogP contribution in [0.1, 0.15) is 10.5 Å². The smallest absolute Gasteiger partial charge is 0.353 e. The third-order valence-corrected chi connectivity index (χ3v) is 11.9. The number of nitrogens with zero attached hydrogens (tertiary/aromatic N) is 4. The third-order valence-electron chi connectivity index (χ3n) is 9.57. The molecule has 1 aliphatic rings. The predicted octanol–water partition coefficient (Wildman–Crippen LogP) is 9.28. The van der Waals surface area contributed by atoms with E-state index in [0.29, 0.717) is 33.4 Å². The van der Waals surface area contributed by atoms with Gasteiger partial charge in [-0.2, -0.15) is 0 Å². The maximum absolute atomic E-state index is 13.2. The molecule has 0 radical (unpaired) electrons. The van der Waals surface area contributed by atoms with E-state index in [1.54, 1.807) is 47.6 Å². The number of carboxylic acid groups (broad SMARTS) is 1. The summed E-state index contributed by atoms with van der Waals surface area (Å²) in [5.74, 6) is -0.264. The molecule has 1 unspecified atom stereocenters. The molecular weight excluding hydrogens is 768 g/mol. The largest absolute Gasteiger partial charge is 0.477 e. The average Bonchev–Trinajstić information content (AvgIpc) is 3.57. The highest BCUT2D eigenvalue weighted by Crippen LogP contribution is 2.38. The first kappa shape index (κ1) is 38.5. The van der Waals surface area contributed by atoms with Crippen LogP contribution in [-0.4, -0.2) is 63.3 Å². The minimum absolute atomic E-state index is 0.128. The number of carbonyl (C=O) groups is 1. The number of nitrogens with one attached hydrogen (secondary N) is 2. The van der Waals surface area contributed by atoms with Crippen molar-refractivity contribution < 1.29 is 19.0 Å². The van der Waals surface area contributed by atoms with Gasteiger partial charge in [-0.15, -0.1) is 11.8 Å². The van der Waals surface area contributed by atoms with Crippen LogP contribution in [0, 0.1) is 10.1 Å². The van der Waals surface area contributed by atoms with E-state index in [-0.39, 0.29) is 11.4 Å². The first-order valence-corrected chi connectivity index (χ1v) is 20.4. The van der Waals surface area contributed by atoms with Crippen molar-refractivity contribution in [1.82, 2.24) is 4.57 Å². The first-order chi connectivity index (χ1) is 27.1. The Morgan fingerprint density at radius 3 is 2.23 bits per heavy atom. The molecule has 286 valence electrons. The van der Waals surface area contributed by atoms with E-state index in [1.807, 2.05) is 85.1 Å². The fourth-order valence-electron chi connectivity index (χ4n) is 6.81. The number of anilines is 4. The lowest BCUT2D eigenvalue weighted by atomic mass is 9.96. The summed E-state index contributed by atoms with van der Waals surface area (Å²) in [6.07, 6.45) is 1.85. The molecule has 11 nitrogen and oxygen atoms in total. The molecule has 1 aromatic heterocycles. The molecule has 3 N–H and O–H groups in total. The number of rotatable bonds is 14. The van der Waals surface area contributed by atoms with Crippen molar-refractivity contribution >= 4 is 68.8 Å². The molecular formula is C42H39ClN6O5S2. The second kappa shape index (κ2) is 17.4. The molecule has 0 bridgehead atoms. The number of carboxylic acids is 1. The van der Waals surface area contributed by atoms with Crippen molar-refractivity contribution in [2.24, 2.45) is 7.05 Å². The van der Waals surface area contributed by atoms with E-state index in [0.717, 1.165) is 64.9 Å². The van der Waals surface area contributed by atoms with Crippen LogP contribution in [0.4, 0.5) is 28.4 Å². The minimum Gasteiger partial charge on any atom is -0.477 e. The van der Waals surface area contributed by atoms with Crippen molar-refractivity contribution in [3.63, 3.8) is 0 Å². The zero-order chi connectivity index (χ0) is 39.2. The summed E-state index contributed by atoms with van der Waals surface area (Å²) in [5.41, 5.74) is 6.33. The van der Waals surface area contributed by atoms with Crippen molar-refractivity contribution in [2.45, 2.75) is 9.79 Å². The van der Waals surface area contributed by atoms with Crippen LogP contribution < -0.4 is 19.8 Å². The Morgan fingerprint density at radius 1 is 0.857 bits per heavy atom. The Bertz CT molecular complexity index is 2370. The number of aromatic carboxylic acids is 1. The lowest BCUT2D eigenvalue weighted by molar-refractivity contribution is -0.384. The summed E-state index contributed by atoms with van der Waals surface area (Å²) in [5, 5.41) is 25.8. The lowest BCUT2D eigenvalue weighted by Gasteiger charge is -2.37. The average molecular weight is 807 g/mol. The van der Waals surface area contributed by atoms with Gasteiger partial charge in [0.15, 0.2) is 11.0 Å². The summed E-state index contributed by atoms with van der Waals surface area (Å²) in [6.45, 7) is 3.58. The van der Waals surface area contributed by atoms with Gasteiger partial charge >= 0.3 is 5.97 Å². The van der Waals surface area contributed by atoms with E-state index < -0.39 is 21.9 Å². The summed E-state index contributed by atoms with van der Waals surface area (Å²) in [4.78, 5) is 29.9. The van der Waals surface area contributed by atoms with Gasteiger partial charge < -0.3 is 29.5 Å². The van der Waals surface area contributed by atoms with Gasteiger partial charge in [0.2, 0.25) is 0 Å². The topological polar surface area (TPSA) is 133 Å². The molecule has 7 rings (SSSR count). The Labute approximate surface area is 336 Å². The standard InChI is InChI=1S/C42H39ClN6O5S2/c1-46-28-37(29-10-12-31(43)13-11-29)40(41(46)42(50)51)30-6-5-7-34(26-30)48-23-21-47(22-24-48)33-16-14-32(15-17-33)45-56(54)36-18-19-38(39(27-36)49(52)53)44-20-25-55-35-8-3-2-4-9-35/h2-19,26-28,44-45H,20-25H2,1H3,(H,50,51). The Hall–Kier alpha value is -5.76. The van der Waals surface area contributed by atoms with Crippen molar-refractivity contribution in [3.05, 3.63) is 148 Å². The van der Waals surface area contributed by atoms with E-state index in [9.17, 15) is 24.2 Å². The second-order valence-corrected chi connectivity index (χ2v) is 16.0. The molecule has 0 amide bonds. The van der Waals surface area contributed by atoms with Crippen molar-refractivity contribution in [2.75, 3.05) is 58.3 Å². The number of nitro groups is 1. The van der Waals surface area contributed by atoms with Crippen molar-refractivity contribution in [1.29, 1.82) is 0 Å². The third kappa shape index (κ3) is 8.86. The molecule has 5 aromatic carbocycles. The molecule has 1 atom stereocenters. The van der Waals surface area contributed by atoms with E-state index >= 15 is 0 Å². The fourth-order valence-corrected chi connectivity index (χ4v) is 8.60. The summed E-state index contributed by atoms with van der Waals surface area (Å²) >= 11 is 7.80. The highest BCUT2D eigenvalue weighted by molar-refractivity contribution is 7.99. The van der Waals surface area contributed by atoms with Crippen LogP contribution in [0.15, 0.2) is 137 Å². The fraction of sp³-hybridized carbons (Fsp3) is 0.167. The zero-order valence-electron chi connectivity index (χ0n) is 30.4. The number of hydrogen-bond donors (Lipinski definition) is 3. The van der Waals surface area contributed by atoms with Gasteiger partial charge in [-0.25, -0.2) is 9.00 Å². The van der Waals surface area contributed by atoms with Crippen LogP contribution in [0.5, 0.6) is 0 Å². The van der Waals surface area contributed by atoms with Crippen LogP contribution in [0.2, 0.25) is 5.02 Å². The second-order valence-electron chi connectivity index (χ2n) is 13.2. The number of aryl methyl sites for hydroxylation is 1. The molecule has 6 aromatic rings. The summed E-state index contributed by atoms with van der Waals surface area (Å²) in [6, 6.07) is 37.6. The van der Waals surface area contributed by atoms with Crippen LogP contribution in [-0.2, 0) is 18.0 Å². The predicted molar refractivity (Wildman–Crippen MR) is 228 cm³/mol. The number of halogens is 1. The Morgan fingerprint density at radius 2 is 1.55 bits per heavy atom. The molecule has 14 heteroatoms. The van der Waals surface area contributed by atoms with Gasteiger partial charge in [0.1, 0.15) is 11.4 Å². The molecule has 1 aliphatic heterocycles. The number of nitro benzene ring substituents is 1. The molecule has 0 saturated carbocycles. The van der Waals surface area contributed by atoms with Gasteiger partial charge in [0.25, 0.3) is 5.69 Å². The molecule has 1 saturated heterocycles. The maximum Gasteiger partial charge on any atom is 0.353 e. The normalized spacial score (nSPS) is 13.3. The minimum atomic E-state index is -1.72. The molecule has 0 spiro atoms. The summed E-state index contributed by atoms with van der Waals surface area (Å²) in [7, 11) is 0.0298. The number of hydrogen-bond acceptors (Lipinski definition) is 8.